The van der Waals surface area contributed by atoms with Crippen LogP contribution in [0.4, 0.5) is 5.69 Å². The molecule has 1 amide bonds. The molecule has 0 aromatic heterocycles. The minimum atomic E-state index is 0.0153. The van der Waals surface area contributed by atoms with Crippen LogP contribution in [0.5, 0.6) is 5.75 Å². The molecule has 0 unspecified atom stereocenters. The summed E-state index contributed by atoms with van der Waals surface area (Å²) >= 11 is 0. The van der Waals surface area contributed by atoms with Crippen molar-refractivity contribution in [2.24, 2.45) is 0 Å². The molecule has 0 bridgehead atoms. The molecule has 2 aromatic rings. The summed E-state index contributed by atoms with van der Waals surface area (Å²) in [6, 6.07) is 15.6. The summed E-state index contributed by atoms with van der Waals surface area (Å²) in [6.45, 7) is 2.00. The number of hydrogen-bond acceptors (Lipinski definition) is 2. The van der Waals surface area contributed by atoms with Gasteiger partial charge in [-0.1, -0.05) is 30.3 Å². The number of methoxy groups -OCH3 is 1. The standard InChI is InChI=1S/C17H19NO2/c1-13-6-5-8-15(12-13)18-17(19)11-10-14-7-3-4-9-16(14)20-2/h3-9,12H,10-11H2,1-2H3,(H,18,19). The van der Waals surface area contributed by atoms with E-state index in [0.717, 1.165) is 22.6 Å². The van der Waals surface area contributed by atoms with Crippen molar-refractivity contribution >= 4 is 11.6 Å². The summed E-state index contributed by atoms with van der Waals surface area (Å²) in [5, 5.41) is 2.91. The van der Waals surface area contributed by atoms with Crippen molar-refractivity contribution in [2.75, 3.05) is 12.4 Å². The highest BCUT2D eigenvalue weighted by Crippen LogP contribution is 2.19. The minimum absolute atomic E-state index is 0.0153. The van der Waals surface area contributed by atoms with Crippen LogP contribution in [0.15, 0.2) is 48.5 Å². The first-order valence-electron chi connectivity index (χ1n) is 6.67. The molecule has 0 spiro atoms. The van der Waals surface area contributed by atoms with E-state index in [1.165, 1.54) is 0 Å². The Balaban J connectivity index is 1.92. The summed E-state index contributed by atoms with van der Waals surface area (Å²) in [4.78, 5) is 11.9. The third-order valence-electron chi connectivity index (χ3n) is 3.12. The number of hydrogen-bond donors (Lipinski definition) is 1. The van der Waals surface area contributed by atoms with E-state index in [4.69, 9.17) is 4.74 Å². The molecular formula is C17H19NO2. The highest BCUT2D eigenvalue weighted by molar-refractivity contribution is 5.90. The van der Waals surface area contributed by atoms with E-state index in [9.17, 15) is 4.79 Å². The summed E-state index contributed by atoms with van der Waals surface area (Å²) in [7, 11) is 1.64. The van der Waals surface area contributed by atoms with Crippen LogP contribution in [0.2, 0.25) is 0 Å². The predicted octanol–water partition coefficient (Wildman–Crippen LogP) is 3.57. The zero-order chi connectivity index (χ0) is 14.4. The molecule has 2 aromatic carbocycles. The third-order valence-corrected chi connectivity index (χ3v) is 3.12. The summed E-state index contributed by atoms with van der Waals surface area (Å²) in [5.41, 5.74) is 3.02. The molecule has 2 rings (SSSR count). The van der Waals surface area contributed by atoms with Crippen molar-refractivity contribution in [1.82, 2.24) is 0 Å². The quantitative estimate of drug-likeness (QED) is 0.901. The second-order valence-electron chi connectivity index (χ2n) is 4.73. The lowest BCUT2D eigenvalue weighted by molar-refractivity contribution is -0.116. The molecule has 0 aliphatic rings. The van der Waals surface area contributed by atoms with E-state index in [1.54, 1.807) is 7.11 Å². The van der Waals surface area contributed by atoms with Gasteiger partial charge in [0.15, 0.2) is 0 Å². The molecule has 20 heavy (non-hydrogen) atoms. The van der Waals surface area contributed by atoms with Gasteiger partial charge in [0.05, 0.1) is 7.11 Å². The molecule has 1 N–H and O–H groups in total. The first kappa shape index (κ1) is 14.1. The van der Waals surface area contributed by atoms with Crippen molar-refractivity contribution in [3.63, 3.8) is 0 Å². The Hall–Kier alpha value is -2.29. The average molecular weight is 269 g/mol. The maximum Gasteiger partial charge on any atom is 0.224 e. The van der Waals surface area contributed by atoms with E-state index in [2.05, 4.69) is 5.32 Å². The molecule has 0 aliphatic heterocycles. The van der Waals surface area contributed by atoms with Gasteiger partial charge in [-0.15, -0.1) is 0 Å². The molecule has 3 nitrogen and oxygen atoms in total. The molecule has 0 fully saturated rings. The van der Waals surface area contributed by atoms with Crippen molar-refractivity contribution in [3.8, 4) is 5.75 Å². The predicted molar refractivity (Wildman–Crippen MR) is 81.1 cm³/mol. The second kappa shape index (κ2) is 6.75. The fraction of sp³-hybridized carbons (Fsp3) is 0.235. The Labute approximate surface area is 119 Å². The van der Waals surface area contributed by atoms with Gasteiger partial charge in [0, 0.05) is 12.1 Å². The lowest BCUT2D eigenvalue weighted by Crippen LogP contribution is -2.12. The van der Waals surface area contributed by atoms with Crippen LogP contribution in [0, 0.1) is 6.92 Å². The summed E-state index contributed by atoms with van der Waals surface area (Å²) < 4.78 is 5.28. The minimum Gasteiger partial charge on any atom is -0.496 e. The Kier molecular flexibility index (Phi) is 4.77. The smallest absolute Gasteiger partial charge is 0.224 e. The zero-order valence-electron chi connectivity index (χ0n) is 11.8. The van der Waals surface area contributed by atoms with Gasteiger partial charge in [0.1, 0.15) is 5.75 Å². The molecule has 0 atom stereocenters. The largest absolute Gasteiger partial charge is 0.496 e. The molecule has 0 aliphatic carbocycles. The first-order chi connectivity index (χ1) is 9.69. The molecule has 0 saturated heterocycles. The lowest BCUT2D eigenvalue weighted by Gasteiger charge is -2.09. The molecule has 0 radical (unpaired) electrons. The first-order valence-corrected chi connectivity index (χ1v) is 6.67. The molecule has 104 valence electrons. The van der Waals surface area contributed by atoms with Crippen LogP contribution in [0.3, 0.4) is 0 Å². The lowest BCUT2D eigenvalue weighted by atomic mass is 10.1. The SMILES string of the molecule is COc1ccccc1CCC(=O)Nc1cccc(C)c1. The Bertz CT molecular complexity index is 593. The Morgan fingerprint density at radius 3 is 2.70 bits per heavy atom. The number of rotatable bonds is 5. The maximum atomic E-state index is 11.9. The van der Waals surface area contributed by atoms with Gasteiger partial charge in [0.25, 0.3) is 0 Å². The fourth-order valence-corrected chi connectivity index (χ4v) is 2.10. The molecular weight excluding hydrogens is 250 g/mol. The van der Waals surface area contributed by atoms with Gasteiger partial charge in [-0.05, 0) is 42.7 Å². The Morgan fingerprint density at radius 1 is 1.15 bits per heavy atom. The Morgan fingerprint density at radius 2 is 1.95 bits per heavy atom. The van der Waals surface area contributed by atoms with Crippen molar-refractivity contribution in [1.29, 1.82) is 0 Å². The van der Waals surface area contributed by atoms with Gasteiger partial charge in [-0.25, -0.2) is 0 Å². The van der Waals surface area contributed by atoms with Gasteiger partial charge in [-0.2, -0.15) is 0 Å². The number of aryl methyl sites for hydroxylation is 2. The highest BCUT2D eigenvalue weighted by atomic mass is 16.5. The van der Waals surface area contributed by atoms with Crippen LogP contribution in [0.1, 0.15) is 17.5 Å². The van der Waals surface area contributed by atoms with Crippen LogP contribution < -0.4 is 10.1 Å². The van der Waals surface area contributed by atoms with Gasteiger partial charge in [0.2, 0.25) is 5.91 Å². The molecule has 3 heteroatoms. The monoisotopic (exact) mass is 269 g/mol. The number of nitrogens with one attached hydrogen (secondary N) is 1. The van der Waals surface area contributed by atoms with E-state index in [-0.39, 0.29) is 5.91 Å². The number of amides is 1. The van der Waals surface area contributed by atoms with Crippen LogP contribution in [0.25, 0.3) is 0 Å². The average Bonchev–Trinajstić information content (AvgIpc) is 2.45. The van der Waals surface area contributed by atoms with Crippen molar-refractivity contribution in [3.05, 3.63) is 59.7 Å². The topological polar surface area (TPSA) is 38.3 Å². The van der Waals surface area contributed by atoms with E-state index < -0.39 is 0 Å². The zero-order valence-corrected chi connectivity index (χ0v) is 11.8. The van der Waals surface area contributed by atoms with Crippen molar-refractivity contribution in [2.45, 2.75) is 19.8 Å². The van der Waals surface area contributed by atoms with Crippen molar-refractivity contribution < 1.29 is 9.53 Å². The number of carbonyl (C=O) groups is 1. The molecule has 0 saturated carbocycles. The van der Waals surface area contributed by atoms with Crippen LogP contribution >= 0.6 is 0 Å². The van der Waals surface area contributed by atoms with Crippen LogP contribution in [-0.2, 0) is 11.2 Å². The maximum absolute atomic E-state index is 11.9. The molecule has 0 heterocycles. The normalized spacial score (nSPS) is 10.1. The third kappa shape index (κ3) is 3.85. The van der Waals surface area contributed by atoms with E-state index >= 15 is 0 Å². The van der Waals surface area contributed by atoms with Gasteiger partial charge < -0.3 is 10.1 Å². The second-order valence-corrected chi connectivity index (χ2v) is 4.73. The highest BCUT2D eigenvalue weighted by Gasteiger charge is 2.06. The summed E-state index contributed by atoms with van der Waals surface area (Å²) in [5.74, 6) is 0.845. The van der Waals surface area contributed by atoms with E-state index in [1.807, 2.05) is 55.5 Å². The number of carbonyl (C=O) groups excluding carboxylic acids is 1. The summed E-state index contributed by atoms with van der Waals surface area (Å²) in [6.07, 6.45) is 1.11. The number of anilines is 1. The van der Waals surface area contributed by atoms with Crippen LogP contribution in [-0.4, -0.2) is 13.0 Å². The van der Waals surface area contributed by atoms with E-state index in [0.29, 0.717) is 12.8 Å². The number of para-hydroxylation sites is 1. The fourth-order valence-electron chi connectivity index (χ4n) is 2.10. The van der Waals surface area contributed by atoms with Gasteiger partial charge in [-0.3, -0.25) is 4.79 Å². The number of ether oxygens (including phenoxy) is 1. The van der Waals surface area contributed by atoms with Gasteiger partial charge >= 0.3 is 0 Å². The number of benzene rings is 2.